The van der Waals surface area contributed by atoms with Crippen LogP contribution in [0.15, 0.2) is 23.3 Å². The van der Waals surface area contributed by atoms with Crippen LogP contribution in [-0.4, -0.2) is 11.4 Å². The molecule has 64 valence electrons. The molecule has 0 aromatic heterocycles. The van der Waals surface area contributed by atoms with Gasteiger partial charge in [-0.25, -0.2) is 0 Å². The first kappa shape index (κ1) is 7.59. The fraction of sp³-hybridized carbons (Fsp3) is 0.500. The van der Waals surface area contributed by atoms with Crippen LogP contribution >= 0.6 is 0 Å². The zero-order valence-electron chi connectivity index (χ0n) is 7.48. The molecule has 1 aliphatic heterocycles. The van der Waals surface area contributed by atoms with Gasteiger partial charge in [-0.15, -0.1) is 0 Å². The average molecular weight is 163 g/mol. The van der Waals surface area contributed by atoms with E-state index in [0.717, 1.165) is 18.4 Å². The van der Waals surface area contributed by atoms with Crippen LogP contribution < -0.4 is 5.32 Å². The fourth-order valence-corrected chi connectivity index (χ4v) is 1.97. The summed E-state index contributed by atoms with van der Waals surface area (Å²) in [6.45, 7) is 3.92. The molecule has 2 nitrogen and oxygen atoms in total. The van der Waals surface area contributed by atoms with Crippen molar-refractivity contribution in [1.29, 1.82) is 0 Å². The van der Waals surface area contributed by atoms with Crippen molar-refractivity contribution in [3.05, 3.63) is 23.3 Å². The summed E-state index contributed by atoms with van der Waals surface area (Å²) in [7, 11) is 0. The normalized spacial score (nSPS) is 31.7. The van der Waals surface area contributed by atoms with Gasteiger partial charge in [0, 0.05) is 5.57 Å². The van der Waals surface area contributed by atoms with Gasteiger partial charge in [-0.05, 0) is 32.3 Å². The molecule has 2 rings (SSSR count). The minimum atomic E-state index is 0.0493. The molecule has 12 heavy (non-hydrogen) atoms. The zero-order chi connectivity index (χ0) is 8.77. The minimum absolute atomic E-state index is 0.0493. The molecule has 0 aromatic rings. The first-order valence-corrected chi connectivity index (χ1v) is 4.39. The van der Waals surface area contributed by atoms with E-state index in [0.29, 0.717) is 0 Å². The molecule has 1 saturated heterocycles. The Kier molecular flexibility index (Phi) is 1.40. The highest BCUT2D eigenvalue weighted by molar-refractivity contribution is 6.03. The van der Waals surface area contributed by atoms with Gasteiger partial charge in [0.1, 0.15) is 0 Å². The Labute approximate surface area is 72.3 Å². The Morgan fingerprint density at radius 2 is 2.00 bits per heavy atom. The molecule has 1 heterocycles. The average Bonchev–Trinajstić information content (AvgIpc) is 2.73. The van der Waals surface area contributed by atoms with Crippen LogP contribution in [0.5, 0.6) is 0 Å². The maximum Gasteiger partial charge on any atom is 0.251 e. The molecule has 0 atom stereocenters. The summed E-state index contributed by atoms with van der Waals surface area (Å²) in [5, 5.41) is 3.03. The van der Waals surface area contributed by atoms with Gasteiger partial charge in [0.05, 0.1) is 5.54 Å². The lowest BCUT2D eigenvalue weighted by atomic mass is 10.0. The zero-order valence-corrected chi connectivity index (χ0v) is 7.48. The van der Waals surface area contributed by atoms with Gasteiger partial charge in [-0.2, -0.15) is 0 Å². The number of amides is 1. The lowest BCUT2D eigenvalue weighted by molar-refractivity contribution is -0.116. The third-order valence-corrected chi connectivity index (χ3v) is 2.73. The Morgan fingerprint density at radius 1 is 1.33 bits per heavy atom. The molecule has 1 spiro atoms. The van der Waals surface area contributed by atoms with E-state index in [1.54, 1.807) is 0 Å². The Balaban J connectivity index is 2.45. The Bertz CT molecular complexity index is 295. The largest absolute Gasteiger partial charge is 0.343 e. The van der Waals surface area contributed by atoms with E-state index >= 15 is 0 Å². The van der Waals surface area contributed by atoms with E-state index in [4.69, 9.17) is 0 Å². The minimum Gasteiger partial charge on any atom is -0.343 e. The predicted octanol–water partition coefficient (Wildman–Crippen LogP) is 1.54. The summed E-state index contributed by atoms with van der Waals surface area (Å²) >= 11 is 0. The summed E-state index contributed by atoms with van der Waals surface area (Å²) < 4.78 is 0. The van der Waals surface area contributed by atoms with E-state index in [-0.39, 0.29) is 11.4 Å². The molecule has 1 N–H and O–H groups in total. The molecule has 1 aliphatic carbocycles. The SMILES string of the molecule is CC=C1C(=O)NC2(CC2)C1=CC. The van der Waals surface area contributed by atoms with Gasteiger partial charge in [0.25, 0.3) is 5.91 Å². The molecule has 1 amide bonds. The highest BCUT2D eigenvalue weighted by Gasteiger charge is 2.53. The van der Waals surface area contributed by atoms with Crippen LogP contribution in [0.3, 0.4) is 0 Å². The van der Waals surface area contributed by atoms with E-state index in [1.807, 2.05) is 19.9 Å². The maximum absolute atomic E-state index is 11.4. The third kappa shape index (κ3) is 0.779. The van der Waals surface area contributed by atoms with Crippen molar-refractivity contribution in [3.8, 4) is 0 Å². The highest BCUT2D eigenvalue weighted by atomic mass is 16.2. The van der Waals surface area contributed by atoms with Gasteiger partial charge < -0.3 is 5.32 Å². The van der Waals surface area contributed by atoms with E-state index < -0.39 is 0 Å². The van der Waals surface area contributed by atoms with Gasteiger partial charge in [-0.3, -0.25) is 4.79 Å². The summed E-state index contributed by atoms with van der Waals surface area (Å²) in [5.74, 6) is 0.100. The van der Waals surface area contributed by atoms with E-state index in [1.165, 1.54) is 5.57 Å². The van der Waals surface area contributed by atoms with Crippen LogP contribution in [0, 0.1) is 0 Å². The molecule has 0 bridgehead atoms. The summed E-state index contributed by atoms with van der Waals surface area (Å²) in [4.78, 5) is 11.4. The van der Waals surface area contributed by atoms with Gasteiger partial charge in [0.2, 0.25) is 0 Å². The van der Waals surface area contributed by atoms with Gasteiger partial charge in [-0.1, -0.05) is 12.2 Å². The van der Waals surface area contributed by atoms with Crippen LogP contribution in [0.4, 0.5) is 0 Å². The van der Waals surface area contributed by atoms with Crippen LogP contribution in [0.1, 0.15) is 26.7 Å². The Hall–Kier alpha value is -1.05. The lowest BCUT2D eigenvalue weighted by Gasteiger charge is -2.06. The quantitative estimate of drug-likeness (QED) is 0.539. The van der Waals surface area contributed by atoms with Crippen molar-refractivity contribution >= 4 is 5.91 Å². The highest BCUT2D eigenvalue weighted by Crippen LogP contribution is 2.48. The number of rotatable bonds is 0. The molecule has 2 aliphatic rings. The Morgan fingerprint density at radius 3 is 2.42 bits per heavy atom. The van der Waals surface area contributed by atoms with Crippen molar-refractivity contribution < 1.29 is 4.79 Å². The molecular formula is C10H13NO. The van der Waals surface area contributed by atoms with Crippen LogP contribution in [0.2, 0.25) is 0 Å². The maximum atomic E-state index is 11.4. The number of carbonyl (C=O) groups excluding carboxylic acids is 1. The summed E-state index contributed by atoms with van der Waals surface area (Å²) in [6.07, 6.45) is 6.17. The van der Waals surface area contributed by atoms with Crippen molar-refractivity contribution in [2.24, 2.45) is 0 Å². The second kappa shape index (κ2) is 2.22. The van der Waals surface area contributed by atoms with E-state index in [9.17, 15) is 4.79 Å². The van der Waals surface area contributed by atoms with Gasteiger partial charge >= 0.3 is 0 Å². The topological polar surface area (TPSA) is 29.1 Å². The van der Waals surface area contributed by atoms with Crippen molar-refractivity contribution in [2.45, 2.75) is 32.2 Å². The number of hydrogen-bond acceptors (Lipinski definition) is 1. The van der Waals surface area contributed by atoms with Crippen molar-refractivity contribution in [3.63, 3.8) is 0 Å². The molecule has 2 fully saturated rings. The number of hydrogen-bond donors (Lipinski definition) is 1. The number of allylic oxidation sites excluding steroid dienone is 2. The van der Waals surface area contributed by atoms with Gasteiger partial charge in [0.15, 0.2) is 0 Å². The summed E-state index contributed by atoms with van der Waals surface area (Å²) in [6, 6.07) is 0. The van der Waals surface area contributed by atoms with Crippen molar-refractivity contribution in [2.75, 3.05) is 0 Å². The first-order chi connectivity index (χ1) is 5.73. The molecule has 0 radical (unpaired) electrons. The smallest absolute Gasteiger partial charge is 0.251 e. The molecule has 0 aromatic carbocycles. The van der Waals surface area contributed by atoms with Crippen LogP contribution in [0.25, 0.3) is 0 Å². The molecule has 0 unspecified atom stereocenters. The van der Waals surface area contributed by atoms with E-state index in [2.05, 4.69) is 11.4 Å². The second-order valence-electron chi connectivity index (χ2n) is 3.44. The monoisotopic (exact) mass is 163 g/mol. The third-order valence-electron chi connectivity index (χ3n) is 2.73. The first-order valence-electron chi connectivity index (χ1n) is 4.39. The lowest BCUT2D eigenvalue weighted by Crippen LogP contribution is -2.27. The molecule has 1 saturated carbocycles. The van der Waals surface area contributed by atoms with Crippen molar-refractivity contribution in [1.82, 2.24) is 5.32 Å². The standard InChI is InChI=1S/C10H13NO/c1-3-7-8(4-2)10(5-6-10)11-9(7)12/h3-4H,5-6H2,1-2H3,(H,11,12). The molecule has 2 heteroatoms. The number of carbonyl (C=O) groups is 1. The predicted molar refractivity (Wildman–Crippen MR) is 47.6 cm³/mol. The number of nitrogens with one attached hydrogen (secondary N) is 1. The summed E-state index contributed by atoms with van der Waals surface area (Å²) in [5.41, 5.74) is 2.12. The second-order valence-corrected chi connectivity index (χ2v) is 3.44. The van der Waals surface area contributed by atoms with Crippen LogP contribution in [-0.2, 0) is 4.79 Å². The fourth-order valence-electron chi connectivity index (χ4n) is 1.97. The molecular weight excluding hydrogens is 150 g/mol.